The molecule has 0 aromatic carbocycles. The lowest BCUT2D eigenvalue weighted by molar-refractivity contribution is -0.137. The average molecular weight is 358 g/mol. The van der Waals surface area contributed by atoms with Gasteiger partial charge in [0.2, 0.25) is 15.9 Å². The minimum Gasteiger partial charge on any atom is -0.341 e. The minimum absolute atomic E-state index is 0.0366. The monoisotopic (exact) mass is 357 g/mol. The first kappa shape index (κ1) is 16.9. The molecule has 1 saturated heterocycles. The Morgan fingerprint density at radius 2 is 1.96 bits per heavy atom. The number of sulfonamides is 1. The van der Waals surface area contributed by atoms with Crippen LogP contribution in [0, 0.1) is 0 Å². The summed E-state index contributed by atoms with van der Waals surface area (Å²) in [5.74, 6) is 0.0366. The van der Waals surface area contributed by atoms with Gasteiger partial charge in [0.15, 0.2) is 0 Å². The fourth-order valence-corrected chi connectivity index (χ4v) is 5.74. The number of likely N-dealkylation sites (tertiary alicyclic amines) is 1. The van der Waals surface area contributed by atoms with E-state index in [9.17, 15) is 13.2 Å². The Hall–Kier alpha value is -0.960. The molecule has 0 radical (unpaired) electrons. The minimum atomic E-state index is -3.44. The van der Waals surface area contributed by atoms with Gasteiger partial charge in [-0.3, -0.25) is 4.79 Å². The van der Waals surface area contributed by atoms with Crippen molar-refractivity contribution < 1.29 is 13.2 Å². The predicted octanol–water partition coefficient (Wildman–Crippen LogP) is 1.29. The molecule has 128 valence electrons. The summed E-state index contributed by atoms with van der Waals surface area (Å²) in [6.07, 6.45) is 4.81. The highest BCUT2D eigenvalue weighted by Crippen LogP contribution is 2.30. The highest BCUT2D eigenvalue weighted by Gasteiger charge is 2.41. The second-order valence-electron chi connectivity index (χ2n) is 6.48. The third-order valence-corrected chi connectivity index (χ3v) is 7.70. The number of carbonyl (C=O) groups is 1. The van der Waals surface area contributed by atoms with Gasteiger partial charge in [-0.25, -0.2) is 13.1 Å². The summed E-state index contributed by atoms with van der Waals surface area (Å²) >= 11 is 1.21. The van der Waals surface area contributed by atoms with Crippen molar-refractivity contribution in [1.82, 2.24) is 9.62 Å². The molecule has 3 rings (SSSR count). The highest BCUT2D eigenvalue weighted by molar-refractivity contribution is 7.91. The number of hydrogen-bond donors (Lipinski definition) is 2. The summed E-state index contributed by atoms with van der Waals surface area (Å²) in [7, 11) is -3.44. The molecule has 1 aliphatic heterocycles. The second-order valence-corrected chi connectivity index (χ2v) is 9.37. The van der Waals surface area contributed by atoms with E-state index in [-0.39, 0.29) is 11.9 Å². The Balaban J connectivity index is 1.56. The van der Waals surface area contributed by atoms with Gasteiger partial charge in [0.25, 0.3) is 0 Å². The number of nitrogens with two attached hydrogens (primary N) is 1. The zero-order chi connectivity index (χ0) is 16.5. The Labute approximate surface area is 141 Å². The smallest absolute Gasteiger partial charge is 0.250 e. The van der Waals surface area contributed by atoms with Crippen LogP contribution in [0.15, 0.2) is 21.7 Å². The van der Waals surface area contributed by atoms with E-state index in [0.717, 1.165) is 25.7 Å². The number of carbonyl (C=O) groups excluding carboxylic acids is 1. The summed E-state index contributed by atoms with van der Waals surface area (Å²) in [5, 5.41) is 1.75. The largest absolute Gasteiger partial charge is 0.341 e. The standard InChI is InChI=1S/C15H23N3O3S2/c16-15(7-1-2-8-15)14(19)18-9-5-12(6-10-18)17-23(20,21)13-4-3-11-22-13/h3-4,11-12,17H,1-2,5-10,16H2. The third kappa shape index (κ3) is 3.60. The van der Waals surface area contributed by atoms with Crippen molar-refractivity contribution in [2.75, 3.05) is 13.1 Å². The molecule has 2 heterocycles. The van der Waals surface area contributed by atoms with Gasteiger partial charge in [-0.15, -0.1) is 11.3 Å². The van der Waals surface area contributed by atoms with Crippen LogP contribution in [-0.2, 0) is 14.8 Å². The summed E-state index contributed by atoms with van der Waals surface area (Å²) in [6.45, 7) is 1.13. The number of piperidine rings is 1. The van der Waals surface area contributed by atoms with Gasteiger partial charge in [-0.2, -0.15) is 0 Å². The Morgan fingerprint density at radius 1 is 1.30 bits per heavy atom. The van der Waals surface area contributed by atoms with Crippen LogP contribution in [0.1, 0.15) is 38.5 Å². The van der Waals surface area contributed by atoms with Crippen LogP contribution in [0.5, 0.6) is 0 Å². The maximum Gasteiger partial charge on any atom is 0.250 e. The van der Waals surface area contributed by atoms with E-state index < -0.39 is 15.6 Å². The third-order valence-electron chi connectivity index (χ3n) is 4.79. The Bertz CT molecular complexity index is 644. The summed E-state index contributed by atoms with van der Waals surface area (Å²) in [4.78, 5) is 14.4. The van der Waals surface area contributed by atoms with Crippen molar-refractivity contribution in [3.05, 3.63) is 17.5 Å². The highest BCUT2D eigenvalue weighted by atomic mass is 32.2. The molecule has 0 bridgehead atoms. The fourth-order valence-electron chi connectivity index (χ4n) is 3.43. The number of nitrogens with zero attached hydrogens (tertiary/aromatic N) is 1. The topological polar surface area (TPSA) is 92.5 Å². The van der Waals surface area contributed by atoms with E-state index in [1.54, 1.807) is 22.4 Å². The van der Waals surface area contributed by atoms with Gasteiger partial charge in [-0.1, -0.05) is 18.9 Å². The predicted molar refractivity (Wildman–Crippen MR) is 89.6 cm³/mol. The molecule has 8 heteroatoms. The van der Waals surface area contributed by atoms with Crippen LogP contribution in [0.3, 0.4) is 0 Å². The second kappa shape index (κ2) is 6.51. The fraction of sp³-hybridized carbons (Fsp3) is 0.667. The Kier molecular flexibility index (Phi) is 4.78. The molecule has 2 aliphatic rings. The zero-order valence-electron chi connectivity index (χ0n) is 13.0. The lowest BCUT2D eigenvalue weighted by Gasteiger charge is -2.36. The zero-order valence-corrected chi connectivity index (χ0v) is 14.7. The van der Waals surface area contributed by atoms with Crippen LogP contribution >= 0.6 is 11.3 Å². The number of hydrogen-bond acceptors (Lipinski definition) is 5. The lowest BCUT2D eigenvalue weighted by Crippen LogP contribution is -2.56. The maximum absolute atomic E-state index is 12.6. The van der Waals surface area contributed by atoms with Crippen LogP contribution < -0.4 is 10.5 Å². The summed E-state index contributed by atoms with van der Waals surface area (Å²) in [6, 6.07) is 3.20. The van der Waals surface area contributed by atoms with Crippen molar-refractivity contribution in [3.8, 4) is 0 Å². The number of thiophene rings is 1. The molecule has 23 heavy (non-hydrogen) atoms. The molecule has 1 amide bonds. The van der Waals surface area contributed by atoms with E-state index in [4.69, 9.17) is 5.73 Å². The van der Waals surface area contributed by atoms with Crippen molar-refractivity contribution in [3.63, 3.8) is 0 Å². The van der Waals surface area contributed by atoms with Crippen LogP contribution in [0.4, 0.5) is 0 Å². The molecule has 0 unspecified atom stereocenters. The first-order chi connectivity index (χ1) is 10.9. The van der Waals surface area contributed by atoms with Gasteiger partial charge in [0.1, 0.15) is 4.21 Å². The van der Waals surface area contributed by atoms with Crippen molar-refractivity contribution in [1.29, 1.82) is 0 Å². The molecular formula is C15H23N3O3S2. The maximum atomic E-state index is 12.6. The van der Waals surface area contributed by atoms with Crippen molar-refractivity contribution in [2.24, 2.45) is 5.73 Å². The lowest BCUT2D eigenvalue weighted by atomic mass is 9.95. The van der Waals surface area contributed by atoms with E-state index in [0.29, 0.717) is 30.1 Å². The first-order valence-corrected chi connectivity index (χ1v) is 10.4. The SMILES string of the molecule is NC1(C(=O)N2CCC(NS(=O)(=O)c3cccs3)CC2)CCCC1. The summed E-state index contributed by atoms with van der Waals surface area (Å²) in [5.41, 5.74) is 5.54. The van der Waals surface area contributed by atoms with Crippen molar-refractivity contribution in [2.45, 2.75) is 54.3 Å². The molecule has 1 aromatic rings. The first-order valence-electron chi connectivity index (χ1n) is 8.05. The molecule has 1 aliphatic carbocycles. The van der Waals surface area contributed by atoms with Crippen LogP contribution in [-0.4, -0.2) is 43.9 Å². The molecule has 1 aromatic heterocycles. The van der Waals surface area contributed by atoms with E-state index in [2.05, 4.69) is 4.72 Å². The molecule has 0 spiro atoms. The molecule has 3 N–H and O–H groups in total. The van der Waals surface area contributed by atoms with Crippen LogP contribution in [0.2, 0.25) is 0 Å². The quantitative estimate of drug-likeness (QED) is 0.849. The molecule has 6 nitrogen and oxygen atoms in total. The van der Waals surface area contributed by atoms with Gasteiger partial charge in [-0.05, 0) is 37.1 Å². The van der Waals surface area contributed by atoms with E-state index >= 15 is 0 Å². The van der Waals surface area contributed by atoms with Crippen molar-refractivity contribution >= 4 is 27.3 Å². The molecular weight excluding hydrogens is 334 g/mol. The number of amides is 1. The normalized spacial score (nSPS) is 22.4. The van der Waals surface area contributed by atoms with Gasteiger partial charge >= 0.3 is 0 Å². The number of nitrogens with one attached hydrogen (secondary N) is 1. The molecule has 2 fully saturated rings. The van der Waals surface area contributed by atoms with Gasteiger partial charge < -0.3 is 10.6 Å². The van der Waals surface area contributed by atoms with E-state index in [1.165, 1.54) is 11.3 Å². The summed E-state index contributed by atoms with van der Waals surface area (Å²) < 4.78 is 27.6. The average Bonchev–Trinajstić information content (AvgIpc) is 3.19. The van der Waals surface area contributed by atoms with Gasteiger partial charge in [0, 0.05) is 19.1 Å². The Morgan fingerprint density at radius 3 is 2.52 bits per heavy atom. The number of rotatable bonds is 4. The molecule has 0 atom stereocenters. The van der Waals surface area contributed by atoms with Gasteiger partial charge in [0.05, 0.1) is 5.54 Å². The molecule has 1 saturated carbocycles. The van der Waals surface area contributed by atoms with E-state index in [1.807, 2.05) is 0 Å². The van der Waals surface area contributed by atoms with Crippen LogP contribution in [0.25, 0.3) is 0 Å².